The normalized spacial score (nSPS) is 25.1. The van der Waals surface area contributed by atoms with Gasteiger partial charge in [-0.05, 0) is 30.9 Å². The number of halogens is 3. The molecule has 1 aliphatic rings. The van der Waals surface area contributed by atoms with Crippen LogP contribution in [0.25, 0.3) is 11.0 Å². The Morgan fingerprint density at radius 2 is 1.86 bits per heavy atom. The summed E-state index contributed by atoms with van der Waals surface area (Å²) in [5, 5.41) is 0.877. The van der Waals surface area contributed by atoms with Gasteiger partial charge in [-0.25, -0.2) is 0 Å². The van der Waals surface area contributed by atoms with Gasteiger partial charge in [-0.1, -0.05) is 31.0 Å². The standard InChI is InChI=1S/C16H18F3NO/c17-16(18,19)12-7-3-2-6-11(12)15(20)14-9-10-5-1-4-8-13(10)21-14/h1,4-5,8-9,11-12,15H,2-3,6-7,20H2. The average molecular weight is 297 g/mol. The summed E-state index contributed by atoms with van der Waals surface area (Å²) in [6, 6.07) is 8.43. The number of furan rings is 1. The molecular formula is C16H18F3NO. The van der Waals surface area contributed by atoms with E-state index < -0.39 is 24.1 Å². The minimum absolute atomic E-state index is 0.169. The third-order valence-corrected chi connectivity index (χ3v) is 4.47. The number of para-hydroxylation sites is 1. The van der Waals surface area contributed by atoms with Crippen molar-refractivity contribution in [2.75, 3.05) is 0 Å². The Bertz CT molecular complexity index is 586. The van der Waals surface area contributed by atoms with Gasteiger partial charge in [0.2, 0.25) is 0 Å². The van der Waals surface area contributed by atoms with Gasteiger partial charge < -0.3 is 10.2 Å². The molecule has 1 fully saturated rings. The smallest absolute Gasteiger partial charge is 0.392 e. The van der Waals surface area contributed by atoms with Crippen LogP contribution in [0, 0.1) is 11.8 Å². The van der Waals surface area contributed by atoms with Crippen LogP contribution >= 0.6 is 0 Å². The molecule has 5 heteroatoms. The molecule has 2 nitrogen and oxygen atoms in total. The van der Waals surface area contributed by atoms with E-state index in [9.17, 15) is 13.2 Å². The number of fused-ring (bicyclic) bond motifs is 1. The highest BCUT2D eigenvalue weighted by atomic mass is 19.4. The van der Waals surface area contributed by atoms with Gasteiger partial charge in [0.05, 0.1) is 12.0 Å². The third kappa shape index (κ3) is 2.79. The Balaban J connectivity index is 1.90. The maximum atomic E-state index is 13.2. The van der Waals surface area contributed by atoms with E-state index in [2.05, 4.69) is 0 Å². The van der Waals surface area contributed by atoms with Crippen molar-refractivity contribution in [1.82, 2.24) is 0 Å². The van der Waals surface area contributed by atoms with Crippen molar-refractivity contribution >= 4 is 11.0 Å². The highest BCUT2D eigenvalue weighted by molar-refractivity contribution is 5.77. The van der Waals surface area contributed by atoms with Crippen LogP contribution in [-0.2, 0) is 0 Å². The Morgan fingerprint density at radius 3 is 2.57 bits per heavy atom. The quantitative estimate of drug-likeness (QED) is 0.864. The molecule has 0 saturated heterocycles. The average Bonchev–Trinajstić information content (AvgIpc) is 2.89. The Kier molecular flexibility index (Phi) is 3.69. The van der Waals surface area contributed by atoms with Crippen LogP contribution in [0.4, 0.5) is 13.2 Å². The second-order valence-corrected chi connectivity index (χ2v) is 5.81. The third-order valence-electron chi connectivity index (χ3n) is 4.47. The lowest BCUT2D eigenvalue weighted by atomic mass is 9.74. The molecule has 21 heavy (non-hydrogen) atoms. The molecule has 1 aromatic carbocycles. The van der Waals surface area contributed by atoms with Crippen LogP contribution in [0.3, 0.4) is 0 Å². The predicted octanol–water partition coefficient (Wildman–Crippen LogP) is 4.80. The number of alkyl halides is 3. The maximum absolute atomic E-state index is 13.2. The summed E-state index contributed by atoms with van der Waals surface area (Å²) in [5.41, 5.74) is 6.80. The first-order chi connectivity index (χ1) is 9.97. The zero-order valence-electron chi connectivity index (χ0n) is 11.6. The number of nitrogens with two attached hydrogens (primary N) is 1. The van der Waals surface area contributed by atoms with Gasteiger partial charge in [0.1, 0.15) is 11.3 Å². The lowest BCUT2D eigenvalue weighted by Crippen LogP contribution is -2.38. The lowest BCUT2D eigenvalue weighted by molar-refractivity contribution is -0.199. The molecule has 1 heterocycles. The van der Waals surface area contributed by atoms with Gasteiger partial charge in [0.25, 0.3) is 0 Å². The molecule has 0 aliphatic heterocycles. The van der Waals surface area contributed by atoms with Crippen LogP contribution < -0.4 is 5.73 Å². The number of hydrogen-bond donors (Lipinski definition) is 1. The molecule has 1 aromatic heterocycles. The summed E-state index contributed by atoms with van der Waals surface area (Å²) in [7, 11) is 0. The monoisotopic (exact) mass is 297 g/mol. The molecule has 1 saturated carbocycles. The van der Waals surface area contributed by atoms with E-state index in [0.717, 1.165) is 11.8 Å². The van der Waals surface area contributed by atoms with Crippen molar-refractivity contribution in [3.8, 4) is 0 Å². The van der Waals surface area contributed by atoms with Gasteiger partial charge in [-0.2, -0.15) is 13.2 Å². The number of rotatable bonds is 2. The summed E-state index contributed by atoms with van der Waals surface area (Å²) in [6.45, 7) is 0. The zero-order chi connectivity index (χ0) is 15.0. The summed E-state index contributed by atoms with van der Waals surface area (Å²) in [4.78, 5) is 0. The van der Waals surface area contributed by atoms with Gasteiger partial charge in [0.15, 0.2) is 0 Å². The minimum Gasteiger partial charge on any atom is -0.459 e. The fourth-order valence-electron chi connectivity index (χ4n) is 3.37. The molecule has 1 aliphatic carbocycles. The zero-order valence-corrected chi connectivity index (χ0v) is 11.6. The summed E-state index contributed by atoms with van der Waals surface area (Å²) in [6.07, 6.45) is -2.10. The van der Waals surface area contributed by atoms with Gasteiger partial charge >= 0.3 is 6.18 Å². The molecule has 2 aromatic rings. The van der Waals surface area contributed by atoms with Crippen LogP contribution in [0.5, 0.6) is 0 Å². The SMILES string of the molecule is NC(c1cc2ccccc2o1)C1CCCCC1C(F)(F)F. The van der Waals surface area contributed by atoms with Crippen molar-refractivity contribution < 1.29 is 17.6 Å². The maximum Gasteiger partial charge on any atom is 0.392 e. The molecule has 0 radical (unpaired) electrons. The molecule has 3 rings (SSSR count). The topological polar surface area (TPSA) is 39.2 Å². The highest BCUT2D eigenvalue weighted by Crippen LogP contribution is 2.46. The lowest BCUT2D eigenvalue weighted by Gasteiger charge is -2.35. The molecule has 3 atom stereocenters. The predicted molar refractivity (Wildman–Crippen MR) is 74.6 cm³/mol. The van der Waals surface area contributed by atoms with Crippen molar-refractivity contribution in [2.45, 2.75) is 37.9 Å². The highest BCUT2D eigenvalue weighted by Gasteiger charge is 2.47. The Labute approximate surface area is 121 Å². The molecule has 0 spiro atoms. The van der Waals surface area contributed by atoms with Crippen molar-refractivity contribution in [3.63, 3.8) is 0 Å². The van der Waals surface area contributed by atoms with Gasteiger partial charge in [-0.15, -0.1) is 0 Å². The fourth-order valence-corrected chi connectivity index (χ4v) is 3.37. The first kappa shape index (κ1) is 14.4. The van der Waals surface area contributed by atoms with E-state index in [1.54, 1.807) is 12.1 Å². The van der Waals surface area contributed by atoms with Crippen LogP contribution in [0.2, 0.25) is 0 Å². The molecule has 0 amide bonds. The van der Waals surface area contributed by atoms with E-state index >= 15 is 0 Å². The molecule has 2 N–H and O–H groups in total. The first-order valence-corrected chi connectivity index (χ1v) is 7.27. The second-order valence-electron chi connectivity index (χ2n) is 5.81. The summed E-state index contributed by atoms with van der Waals surface area (Å²) in [5.74, 6) is -1.47. The number of benzene rings is 1. The van der Waals surface area contributed by atoms with Crippen LogP contribution in [0.1, 0.15) is 37.5 Å². The Hall–Kier alpha value is -1.49. The van der Waals surface area contributed by atoms with E-state index in [0.29, 0.717) is 24.2 Å². The van der Waals surface area contributed by atoms with Gasteiger partial charge in [-0.3, -0.25) is 0 Å². The van der Waals surface area contributed by atoms with E-state index in [1.807, 2.05) is 18.2 Å². The van der Waals surface area contributed by atoms with Crippen LogP contribution in [-0.4, -0.2) is 6.18 Å². The van der Waals surface area contributed by atoms with Gasteiger partial charge in [0, 0.05) is 5.39 Å². The van der Waals surface area contributed by atoms with E-state index in [-0.39, 0.29) is 6.42 Å². The Morgan fingerprint density at radius 1 is 1.14 bits per heavy atom. The fraction of sp³-hybridized carbons (Fsp3) is 0.500. The minimum atomic E-state index is -4.19. The first-order valence-electron chi connectivity index (χ1n) is 7.27. The number of hydrogen-bond acceptors (Lipinski definition) is 2. The summed E-state index contributed by atoms with van der Waals surface area (Å²) >= 11 is 0. The van der Waals surface area contributed by atoms with Crippen LogP contribution in [0.15, 0.2) is 34.7 Å². The van der Waals surface area contributed by atoms with Crippen molar-refractivity contribution in [2.24, 2.45) is 17.6 Å². The van der Waals surface area contributed by atoms with Crippen molar-refractivity contribution in [1.29, 1.82) is 0 Å². The molecule has 114 valence electrons. The van der Waals surface area contributed by atoms with E-state index in [4.69, 9.17) is 10.2 Å². The second kappa shape index (κ2) is 5.37. The largest absolute Gasteiger partial charge is 0.459 e. The summed E-state index contributed by atoms with van der Waals surface area (Å²) < 4.78 is 45.2. The van der Waals surface area contributed by atoms with Crippen molar-refractivity contribution in [3.05, 3.63) is 36.1 Å². The molecular weight excluding hydrogens is 279 g/mol. The molecule has 0 bridgehead atoms. The molecule has 3 unspecified atom stereocenters. The van der Waals surface area contributed by atoms with E-state index in [1.165, 1.54) is 0 Å².